The van der Waals surface area contributed by atoms with Gasteiger partial charge in [0.1, 0.15) is 18.2 Å². The number of carbonyl (C=O) groups is 2. The van der Waals surface area contributed by atoms with E-state index in [1.807, 2.05) is 0 Å². The molecule has 6 nitrogen and oxygen atoms in total. The SMILES string of the molecule is CCOC(=O)NNC(=O)c1ccccc1OCc1ccc(F)cc1. The Bertz CT molecular complexity index is 704. The molecule has 24 heavy (non-hydrogen) atoms. The number of amides is 2. The highest BCUT2D eigenvalue weighted by atomic mass is 19.1. The Morgan fingerprint density at radius 3 is 2.46 bits per heavy atom. The molecule has 2 N–H and O–H groups in total. The van der Waals surface area contributed by atoms with Crippen LogP contribution in [0.25, 0.3) is 0 Å². The van der Waals surface area contributed by atoms with Crippen LogP contribution in [-0.4, -0.2) is 18.6 Å². The fraction of sp³-hybridized carbons (Fsp3) is 0.176. The van der Waals surface area contributed by atoms with E-state index in [9.17, 15) is 14.0 Å². The summed E-state index contributed by atoms with van der Waals surface area (Å²) in [4.78, 5) is 23.3. The molecule has 0 aliphatic heterocycles. The van der Waals surface area contributed by atoms with Gasteiger partial charge in [0.15, 0.2) is 0 Å². The molecule has 126 valence electrons. The van der Waals surface area contributed by atoms with Crippen LogP contribution in [0.1, 0.15) is 22.8 Å². The molecule has 0 saturated carbocycles. The normalized spacial score (nSPS) is 9.92. The van der Waals surface area contributed by atoms with Crippen molar-refractivity contribution in [1.82, 2.24) is 10.9 Å². The minimum atomic E-state index is -0.754. The molecule has 0 radical (unpaired) electrons. The summed E-state index contributed by atoms with van der Waals surface area (Å²) in [6.45, 7) is 2.02. The average Bonchev–Trinajstić information content (AvgIpc) is 2.60. The zero-order valence-corrected chi connectivity index (χ0v) is 13.0. The maximum absolute atomic E-state index is 12.9. The molecule has 2 aromatic rings. The van der Waals surface area contributed by atoms with Crippen LogP contribution in [0.3, 0.4) is 0 Å². The van der Waals surface area contributed by atoms with Crippen molar-refractivity contribution in [1.29, 1.82) is 0 Å². The molecule has 0 unspecified atom stereocenters. The number of hydrazine groups is 1. The number of hydrogen-bond acceptors (Lipinski definition) is 4. The Balaban J connectivity index is 1.99. The van der Waals surface area contributed by atoms with Crippen LogP contribution < -0.4 is 15.6 Å². The Kier molecular flexibility index (Phi) is 6.13. The molecule has 0 atom stereocenters. The van der Waals surface area contributed by atoms with E-state index in [0.29, 0.717) is 5.75 Å². The van der Waals surface area contributed by atoms with Crippen LogP contribution in [0, 0.1) is 5.82 Å². The minimum Gasteiger partial charge on any atom is -0.488 e. The maximum Gasteiger partial charge on any atom is 0.426 e. The number of halogens is 1. The lowest BCUT2D eigenvalue weighted by Gasteiger charge is -2.12. The number of nitrogens with one attached hydrogen (secondary N) is 2. The molecule has 0 heterocycles. The average molecular weight is 332 g/mol. The highest BCUT2D eigenvalue weighted by molar-refractivity contribution is 5.97. The quantitative estimate of drug-likeness (QED) is 0.826. The van der Waals surface area contributed by atoms with Crippen LogP contribution in [0.4, 0.5) is 9.18 Å². The van der Waals surface area contributed by atoms with Gasteiger partial charge >= 0.3 is 6.09 Å². The third-order valence-corrected chi connectivity index (χ3v) is 2.99. The third kappa shape index (κ3) is 4.98. The van der Waals surface area contributed by atoms with E-state index in [2.05, 4.69) is 15.6 Å². The summed E-state index contributed by atoms with van der Waals surface area (Å²) in [5.41, 5.74) is 5.37. The molecule has 0 spiro atoms. The predicted octanol–water partition coefficient (Wildman–Crippen LogP) is 2.80. The lowest BCUT2D eigenvalue weighted by molar-refractivity contribution is 0.0908. The molecule has 0 aliphatic carbocycles. The zero-order chi connectivity index (χ0) is 17.4. The number of hydrogen-bond donors (Lipinski definition) is 2. The number of rotatable bonds is 5. The topological polar surface area (TPSA) is 76.7 Å². The third-order valence-electron chi connectivity index (χ3n) is 2.99. The molecular weight excluding hydrogens is 315 g/mol. The second kappa shape index (κ2) is 8.52. The number of ether oxygens (including phenoxy) is 2. The summed E-state index contributed by atoms with van der Waals surface area (Å²) >= 11 is 0. The first-order chi connectivity index (χ1) is 11.6. The fourth-order valence-corrected chi connectivity index (χ4v) is 1.86. The maximum atomic E-state index is 12.9. The van der Waals surface area contributed by atoms with Gasteiger partial charge < -0.3 is 9.47 Å². The van der Waals surface area contributed by atoms with Gasteiger partial charge in [0, 0.05) is 0 Å². The number of benzene rings is 2. The minimum absolute atomic E-state index is 0.176. The Labute approximate surface area is 138 Å². The highest BCUT2D eigenvalue weighted by Crippen LogP contribution is 2.19. The molecule has 0 bridgehead atoms. The zero-order valence-electron chi connectivity index (χ0n) is 13.0. The first kappa shape index (κ1) is 17.3. The van der Waals surface area contributed by atoms with Gasteiger partial charge in [0.25, 0.3) is 5.91 Å². The molecule has 0 fully saturated rings. The van der Waals surface area contributed by atoms with Crippen LogP contribution >= 0.6 is 0 Å². The van der Waals surface area contributed by atoms with Gasteiger partial charge in [-0.1, -0.05) is 24.3 Å². The molecule has 2 amide bonds. The van der Waals surface area contributed by atoms with Gasteiger partial charge in [-0.05, 0) is 36.8 Å². The first-order valence-electron chi connectivity index (χ1n) is 7.29. The lowest BCUT2D eigenvalue weighted by Crippen LogP contribution is -2.42. The second-order valence-electron chi connectivity index (χ2n) is 4.71. The summed E-state index contributed by atoms with van der Waals surface area (Å²) in [5, 5.41) is 0. The van der Waals surface area contributed by atoms with Crippen molar-refractivity contribution in [2.75, 3.05) is 6.61 Å². The summed E-state index contributed by atoms with van der Waals surface area (Å²) in [7, 11) is 0. The van der Waals surface area contributed by atoms with Crippen molar-refractivity contribution in [3.8, 4) is 5.75 Å². The Morgan fingerprint density at radius 1 is 1.04 bits per heavy atom. The van der Waals surface area contributed by atoms with E-state index < -0.39 is 12.0 Å². The van der Waals surface area contributed by atoms with Gasteiger partial charge in [-0.15, -0.1) is 0 Å². The molecule has 0 aromatic heterocycles. The standard InChI is InChI=1S/C17H17FN2O4/c1-2-23-17(22)20-19-16(21)14-5-3-4-6-15(14)24-11-12-7-9-13(18)10-8-12/h3-10H,2,11H2,1H3,(H,19,21)(H,20,22). The van der Waals surface area contributed by atoms with Crippen LogP contribution in [0.15, 0.2) is 48.5 Å². The van der Waals surface area contributed by atoms with Crippen molar-refractivity contribution >= 4 is 12.0 Å². The lowest BCUT2D eigenvalue weighted by atomic mass is 10.2. The van der Waals surface area contributed by atoms with Gasteiger partial charge in [-0.3, -0.25) is 10.2 Å². The number of para-hydroxylation sites is 1. The van der Waals surface area contributed by atoms with Gasteiger partial charge in [-0.25, -0.2) is 14.6 Å². The second-order valence-corrected chi connectivity index (χ2v) is 4.71. The molecule has 0 saturated heterocycles. The van der Waals surface area contributed by atoms with Crippen molar-refractivity contribution in [2.45, 2.75) is 13.5 Å². The van der Waals surface area contributed by atoms with Gasteiger partial charge in [0.2, 0.25) is 0 Å². The summed E-state index contributed by atoms with van der Waals surface area (Å²) in [6.07, 6.45) is -0.754. The van der Waals surface area contributed by atoms with Gasteiger partial charge in [-0.2, -0.15) is 0 Å². The molecule has 2 aromatic carbocycles. The van der Waals surface area contributed by atoms with Crippen molar-refractivity contribution < 1.29 is 23.5 Å². The fourth-order valence-electron chi connectivity index (χ4n) is 1.86. The van der Waals surface area contributed by atoms with Crippen LogP contribution in [0.2, 0.25) is 0 Å². The molecule has 7 heteroatoms. The highest BCUT2D eigenvalue weighted by Gasteiger charge is 2.13. The van der Waals surface area contributed by atoms with Crippen LogP contribution in [-0.2, 0) is 11.3 Å². The van der Waals surface area contributed by atoms with Gasteiger partial charge in [0.05, 0.1) is 12.2 Å². The molecular formula is C17H17FN2O4. The van der Waals surface area contributed by atoms with E-state index >= 15 is 0 Å². The van der Waals surface area contributed by atoms with E-state index in [0.717, 1.165) is 5.56 Å². The summed E-state index contributed by atoms with van der Waals surface area (Å²) in [6, 6.07) is 12.4. The van der Waals surface area contributed by atoms with Crippen molar-refractivity contribution in [2.24, 2.45) is 0 Å². The Morgan fingerprint density at radius 2 is 1.75 bits per heavy atom. The van der Waals surface area contributed by atoms with Crippen molar-refractivity contribution in [3.05, 3.63) is 65.5 Å². The van der Waals surface area contributed by atoms with E-state index in [1.54, 1.807) is 43.3 Å². The first-order valence-corrected chi connectivity index (χ1v) is 7.29. The molecule has 2 rings (SSSR count). The smallest absolute Gasteiger partial charge is 0.426 e. The van der Waals surface area contributed by atoms with E-state index in [4.69, 9.17) is 4.74 Å². The van der Waals surface area contributed by atoms with Crippen LogP contribution in [0.5, 0.6) is 5.75 Å². The van der Waals surface area contributed by atoms with Crippen molar-refractivity contribution in [3.63, 3.8) is 0 Å². The largest absolute Gasteiger partial charge is 0.488 e. The Hall–Kier alpha value is -3.09. The molecule has 0 aliphatic rings. The van der Waals surface area contributed by atoms with E-state index in [1.165, 1.54) is 12.1 Å². The number of carbonyl (C=O) groups excluding carboxylic acids is 2. The predicted molar refractivity (Wildman–Crippen MR) is 84.8 cm³/mol. The monoisotopic (exact) mass is 332 g/mol. The summed E-state index contributed by atoms with van der Waals surface area (Å²) in [5.74, 6) is -0.536. The summed E-state index contributed by atoms with van der Waals surface area (Å²) < 4.78 is 23.1. The van der Waals surface area contributed by atoms with E-state index in [-0.39, 0.29) is 24.6 Å².